The predicted molar refractivity (Wildman–Crippen MR) is 84.2 cm³/mol. The second-order valence-corrected chi connectivity index (χ2v) is 7.05. The van der Waals surface area contributed by atoms with Crippen LogP contribution >= 0.6 is 31.9 Å². The van der Waals surface area contributed by atoms with Gasteiger partial charge in [-0.05, 0) is 76.7 Å². The maximum absolute atomic E-state index is 5.70. The number of rotatable bonds is 5. The van der Waals surface area contributed by atoms with E-state index in [2.05, 4.69) is 77.0 Å². The van der Waals surface area contributed by atoms with Crippen molar-refractivity contribution in [2.45, 2.75) is 46.2 Å². The molecule has 4 heteroatoms. The molecule has 0 spiro atoms. The first-order valence-corrected chi connectivity index (χ1v) is 7.78. The Labute approximate surface area is 127 Å². The topological polar surface area (TPSA) is 21.3 Å². The molecule has 0 aromatic heterocycles. The molecule has 1 N–H and O–H groups in total. The predicted octanol–water partition coefficient (Wildman–Crippen LogP) is 4.89. The molecule has 18 heavy (non-hydrogen) atoms. The SMILES string of the molecule is CCCOc1c(Br)cc(CNC(C)(C)C)cc1Br. The number of ether oxygens (including phenoxy) is 1. The van der Waals surface area contributed by atoms with Gasteiger partial charge in [0, 0.05) is 12.1 Å². The molecule has 0 aliphatic rings. The highest BCUT2D eigenvalue weighted by atomic mass is 79.9. The summed E-state index contributed by atoms with van der Waals surface area (Å²) in [7, 11) is 0. The molecular weight excluding hydrogens is 358 g/mol. The number of benzene rings is 1. The maximum atomic E-state index is 5.70. The van der Waals surface area contributed by atoms with E-state index in [-0.39, 0.29) is 5.54 Å². The molecule has 0 aliphatic heterocycles. The van der Waals surface area contributed by atoms with Crippen LogP contribution in [0.1, 0.15) is 39.7 Å². The summed E-state index contributed by atoms with van der Waals surface area (Å²) in [6.07, 6.45) is 1.01. The van der Waals surface area contributed by atoms with Crippen molar-refractivity contribution >= 4 is 31.9 Å². The molecular formula is C14H21Br2NO. The Morgan fingerprint density at radius 1 is 1.17 bits per heavy atom. The van der Waals surface area contributed by atoms with Gasteiger partial charge >= 0.3 is 0 Å². The summed E-state index contributed by atoms with van der Waals surface area (Å²) in [4.78, 5) is 0. The first kappa shape index (κ1) is 16.0. The van der Waals surface area contributed by atoms with E-state index in [9.17, 15) is 0 Å². The minimum atomic E-state index is 0.121. The van der Waals surface area contributed by atoms with Gasteiger partial charge < -0.3 is 10.1 Å². The lowest BCUT2D eigenvalue weighted by atomic mass is 10.1. The average molecular weight is 379 g/mol. The first-order chi connectivity index (χ1) is 8.33. The van der Waals surface area contributed by atoms with Crippen LogP contribution in [0, 0.1) is 0 Å². The number of hydrogen-bond acceptors (Lipinski definition) is 2. The first-order valence-electron chi connectivity index (χ1n) is 6.19. The second-order valence-electron chi connectivity index (χ2n) is 5.34. The molecule has 1 aromatic carbocycles. The fourth-order valence-electron chi connectivity index (χ4n) is 1.42. The minimum Gasteiger partial charge on any atom is -0.491 e. The third-order valence-electron chi connectivity index (χ3n) is 2.33. The standard InChI is InChI=1S/C14H21Br2NO/c1-5-6-18-13-11(15)7-10(8-12(13)16)9-17-14(2,3)4/h7-8,17H,5-6,9H2,1-4H3. The number of hydrogen-bond donors (Lipinski definition) is 1. The summed E-state index contributed by atoms with van der Waals surface area (Å²) in [6.45, 7) is 10.2. The Morgan fingerprint density at radius 2 is 1.72 bits per heavy atom. The summed E-state index contributed by atoms with van der Waals surface area (Å²) >= 11 is 7.13. The summed E-state index contributed by atoms with van der Waals surface area (Å²) in [6, 6.07) is 4.21. The van der Waals surface area contributed by atoms with Gasteiger partial charge in [-0.3, -0.25) is 0 Å². The van der Waals surface area contributed by atoms with Gasteiger partial charge in [0.15, 0.2) is 0 Å². The molecule has 0 atom stereocenters. The van der Waals surface area contributed by atoms with E-state index < -0.39 is 0 Å². The molecule has 0 unspecified atom stereocenters. The normalized spacial score (nSPS) is 11.7. The Kier molecular flexibility index (Phi) is 6.15. The maximum Gasteiger partial charge on any atom is 0.147 e. The molecule has 102 valence electrons. The zero-order valence-electron chi connectivity index (χ0n) is 11.4. The van der Waals surface area contributed by atoms with Gasteiger partial charge in [-0.15, -0.1) is 0 Å². The molecule has 0 radical (unpaired) electrons. The van der Waals surface area contributed by atoms with E-state index in [0.29, 0.717) is 0 Å². The Balaban J connectivity index is 2.79. The van der Waals surface area contributed by atoms with Gasteiger partial charge in [0.2, 0.25) is 0 Å². The van der Waals surface area contributed by atoms with Crippen LogP contribution in [0.5, 0.6) is 5.75 Å². The molecule has 0 amide bonds. The van der Waals surface area contributed by atoms with Gasteiger partial charge in [0.05, 0.1) is 15.6 Å². The largest absolute Gasteiger partial charge is 0.491 e. The van der Waals surface area contributed by atoms with Crippen molar-refractivity contribution in [3.05, 3.63) is 26.6 Å². The lowest BCUT2D eigenvalue weighted by Gasteiger charge is -2.21. The van der Waals surface area contributed by atoms with Crippen molar-refractivity contribution < 1.29 is 4.74 Å². The fourth-order valence-corrected chi connectivity index (χ4v) is 2.93. The zero-order valence-corrected chi connectivity index (χ0v) is 14.6. The molecule has 2 nitrogen and oxygen atoms in total. The fraction of sp³-hybridized carbons (Fsp3) is 0.571. The molecule has 0 fully saturated rings. The summed E-state index contributed by atoms with van der Waals surface area (Å²) < 4.78 is 7.70. The summed E-state index contributed by atoms with van der Waals surface area (Å²) in [5.41, 5.74) is 1.35. The third kappa shape index (κ3) is 5.29. The van der Waals surface area contributed by atoms with Gasteiger partial charge in [0.1, 0.15) is 5.75 Å². The number of nitrogens with one attached hydrogen (secondary N) is 1. The Bertz CT molecular complexity index is 376. The highest BCUT2D eigenvalue weighted by molar-refractivity contribution is 9.11. The average Bonchev–Trinajstić information content (AvgIpc) is 2.24. The van der Waals surface area contributed by atoms with Gasteiger partial charge in [-0.1, -0.05) is 6.92 Å². The van der Waals surface area contributed by atoms with Crippen LogP contribution in [0.15, 0.2) is 21.1 Å². The zero-order chi connectivity index (χ0) is 13.8. The van der Waals surface area contributed by atoms with E-state index in [1.807, 2.05) is 0 Å². The lowest BCUT2D eigenvalue weighted by Crippen LogP contribution is -2.35. The van der Waals surface area contributed by atoms with Crippen LogP contribution in [0.2, 0.25) is 0 Å². The van der Waals surface area contributed by atoms with E-state index in [1.165, 1.54) is 5.56 Å². The van der Waals surface area contributed by atoms with Crippen LogP contribution in [0.4, 0.5) is 0 Å². The minimum absolute atomic E-state index is 0.121. The van der Waals surface area contributed by atoms with Crippen LogP contribution < -0.4 is 10.1 Å². The molecule has 0 heterocycles. The van der Waals surface area contributed by atoms with Crippen molar-refractivity contribution in [1.82, 2.24) is 5.32 Å². The van der Waals surface area contributed by atoms with Gasteiger partial charge in [-0.2, -0.15) is 0 Å². The monoisotopic (exact) mass is 377 g/mol. The van der Waals surface area contributed by atoms with Crippen molar-refractivity contribution in [3.63, 3.8) is 0 Å². The molecule has 0 saturated heterocycles. The van der Waals surface area contributed by atoms with E-state index in [1.54, 1.807) is 0 Å². The van der Waals surface area contributed by atoms with Crippen molar-refractivity contribution in [3.8, 4) is 5.75 Å². The molecule has 0 saturated carbocycles. The van der Waals surface area contributed by atoms with Crippen molar-refractivity contribution in [2.75, 3.05) is 6.61 Å². The third-order valence-corrected chi connectivity index (χ3v) is 3.51. The van der Waals surface area contributed by atoms with E-state index in [0.717, 1.165) is 34.3 Å². The lowest BCUT2D eigenvalue weighted by molar-refractivity contribution is 0.313. The molecule has 1 rings (SSSR count). The van der Waals surface area contributed by atoms with Crippen LogP contribution in [-0.4, -0.2) is 12.1 Å². The second kappa shape index (κ2) is 6.92. The van der Waals surface area contributed by atoms with E-state index >= 15 is 0 Å². The molecule has 0 aliphatic carbocycles. The van der Waals surface area contributed by atoms with Gasteiger partial charge in [-0.25, -0.2) is 0 Å². The van der Waals surface area contributed by atoms with Crippen molar-refractivity contribution in [2.24, 2.45) is 0 Å². The van der Waals surface area contributed by atoms with Gasteiger partial charge in [0.25, 0.3) is 0 Å². The van der Waals surface area contributed by atoms with Crippen LogP contribution in [-0.2, 0) is 6.54 Å². The molecule has 0 bridgehead atoms. The van der Waals surface area contributed by atoms with Crippen molar-refractivity contribution in [1.29, 1.82) is 0 Å². The highest BCUT2D eigenvalue weighted by Gasteiger charge is 2.12. The smallest absolute Gasteiger partial charge is 0.147 e. The summed E-state index contributed by atoms with van der Waals surface area (Å²) in [5.74, 6) is 0.886. The summed E-state index contributed by atoms with van der Waals surface area (Å²) in [5, 5.41) is 3.47. The van der Waals surface area contributed by atoms with Crippen LogP contribution in [0.25, 0.3) is 0 Å². The Morgan fingerprint density at radius 3 is 2.17 bits per heavy atom. The highest BCUT2D eigenvalue weighted by Crippen LogP contribution is 2.35. The number of halogens is 2. The molecule has 1 aromatic rings. The quantitative estimate of drug-likeness (QED) is 0.787. The Hall–Kier alpha value is -0.0600. The van der Waals surface area contributed by atoms with E-state index in [4.69, 9.17) is 4.74 Å². The van der Waals surface area contributed by atoms with Crippen LogP contribution in [0.3, 0.4) is 0 Å².